The molecule has 0 aliphatic rings. The zero-order valence-electron chi connectivity index (χ0n) is 8.73. The lowest BCUT2D eigenvalue weighted by atomic mass is 10.2. The van der Waals surface area contributed by atoms with E-state index in [0.717, 1.165) is 10.6 Å². The summed E-state index contributed by atoms with van der Waals surface area (Å²) in [7, 11) is 3.19. The summed E-state index contributed by atoms with van der Waals surface area (Å²) in [4.78, 5) is 0. The molecule has 2 aromatic rings. The van der Waals surface area contributed by atoms with Gasteiger partial charge in [0.1, 0.15) is 5.01 Å². The van der Waals surface area contributed by atoms with Crippen molar-refractivity contribution in [2.24, 2.45) is 0 Å². The molecule has 0 unspecified atom stereocenters. The highest BCUT2D eigenvalue weighted by Crippen LogP contribution is 2.34. The van der Waals surface area contributed by atoms with Crippen molar-refractivity contribution in [1.82, 2.24) is 10.2 Å². The van der Waals surface area contributed by atoms with Crippen molar-refractivity contribution in [2.75, 3.05) is 14.2 Å². The Labute approximate surface area is 102 Å². The first-order valence-electron chi connectivity index (χ1n) is 4.46. The quantitative estimate of drug-likeness (QED) is 0.847. The Kier molecular flexibility index (Phi) is 3.26. The van der Waals surface area contributed by atoms with E-state index in [1.54, 1.807) is 14.2 Å². The average Bonchev–Trinajstić information content (AvgIpc) is 2.75. The molecule has 0 amide bonds. The van der Waals surface area contributed by atoms with Crippen molar-refractivity contribution in [3.05, 3.63) is 22.7 Å². The van der Waals surface area contributed by atoms with Crippen LogP contribution in [0.1, 0.15) is 0 Å². The van der Waals surface area contributed by atoms with Crippen molar-refractivity contribution in [1.29, 1.82) is 0 Å². The topological polar surface area (TPSA) is 44.2 Å². The molecule has 2 rings (SSSR count). The standard InChI is InChI=1S/C10H9ClN2O2S/c1-14-7-4-3-6(5-8(7)15-2)9-12-13-10(11)16-9/h3-5H,1-2H3. The molecular weight excluding hydrogens is 248 g/mol. The maximum atomic E-state index is 5.73. The minimum Gasteiger partial charge on any atom is -0.493 e. The van der Waals surface area contributed by atoms with Gasteiger partial charge in [0.25, 0.3) is 0 Å². The molecule has 0 aliphatic carbocycles. The maximum Gasteiger partial charge on any atom is 0.207 e. The van der Waals surface area contributed by atoms with Gasteiger partial charge in [0.05, 0.1) is 14.2 Å². The number of hydrogen-bond donors (Lipinski definition) is 0. The Balaban J connectivity index is 2.43. The maximum absolute atomic E-state index is 5.73. The lowest BCUT2D eigenvalue weighted by molar-refractivity contribution is 0.355. The minimum atomic E-state index is 0.421. The first kappa shape index (κ1) is 11.2. The first-order chi connectivity index (χ1) is 7.74. The van der Waals surface area contributed by atoms with Gasteiger partial charge in [0.15, 0.2) is 11.5 Å². The van der Waals surface area contributed by atoms with E-state index in [0.29, 0.717) is 16.0 Å². The van der Waals surface area contributed by atoms with Crippen molar-refractivity contribution in [3.63, 3.8) is 0 Å². The van der Waals surface area contributed by atoms with Gasteiger partial charge in [-0.25, -0.2) is 0 Å². The van der Waals surface area contributed by atoms with Crippen LogP contribution in [-0.4, -0.2) is 24.4 Å². The van der Waals surface area contributed by atoms with Crippen molar-refractivity contribution < 1.29 is 9.47 Å². The Hall–Kier alpha value is -1.33. The number of nitrogens with zero attached hydrogens (tertiary/aromatic N) is 2. The van der Waals surface area contributed by atoms with Crippen LogP contribution in [0, 0.1) is 0 Å². The van der Waals surface area contributed by atoms with Crippen molar-refractivity contribution in [3.8, 4) is 22.1 Å². The number of aromatic nitrogens is 2. The van der Waals surface area contributed by atoms with Crippen LogP contribution in [0.4, 0.5) is 0 Å². The molecule has 1 aromatic heterocycles. The van der Waals surface area contributed by atoms with Crippen LogP contribution >= 0.6 is 22.9 Å². The van der Waals surface area contributed by atoms with Crippen LogP contribution in [0.2, 0.25) is 4.47 Å². The van der Waals surface area contributed by atoms with E-state index in [-0.39, 0.29) is 0 Å². The third-order valence-electron chi connectivity index (χ3n) is 2.03. The minimum absolute atomic E-state index is 0.421. The Morgan fingerprint density at radius 3 is 2.44 bits per heavy atom. The zero-order valence-corrected chi connectivity index (χ0v) is 10.3. The van der Waals surface area contributed by atoms with Gasteiger partial charge < -0.3 is 9.47 Å². The van der Waals surface area contributed by atoms with Crippen LogP contribution in [0.15, 0.2) is 18.2 Å². The van der Waals surface area contributed by atoms with Gasteiger partial charge in [-0.2, -0.15) is 0 Å². The summed E-state index contributed by atoms with van der Waals surface area (Å²) in [6, 6.07) is 5.55. The van der Waals surface area contributed by atoms with Crippen molar-refractivity contribution in [2.45, 2.75) is 0 Å². The molecule has 0 aliphatic heterocycles. The highest BCUT2D eigenvalue weighted by atomic mass is 35.5. The molecule has 0 N–H and O–H groups in total. The summed E-state index contributed by atoms with van der Waals surface area (Å²) >= 11 is 7.05. The second-order valence-electron chi connectivity index (χ2n) is 2.93. The predicted molar refractivity (Wildman–Crippen MR) is 63.5 cm³/mol. The lowest BCUT2D eigenvalue weighted by Crippen LogP contribution is -1.90. The van der Waals surface area contributed by atoms with E-state index in [1.807, 2.05) is 18.2 Å². The van der Waals surface area contributed by atoms with Crippen molar-refractivity contribution >= 4 is 22.9 Å². The highest BCUT2D eigenvalue weighted by molar-refractivity contribution is 7.18. The predicted octanol–water partition coefficient (Wildman–Crippen LogP) is 2.88. The normalized spacial score (nSPS) is 10.2. The average molecular weight is 257 g/mol. The molecular formula is C10H9ClN2O2S. The van der Waals surface area contributed by atoms with Crippen LogP contribution in [0.5, 0.6) is 11.5 Å². The Morgan fingerprint density at radius 1 is 1.12 bits per heavy atom. The molecule has 16 heavy (non-hydrogen) atoms. The van der Waals surface area contributed by atoms with Gasteiger partial charge in [0, 0.05) is 5.56 Å². The van der Waals surface area contributed by atoms with Gasteiger partial charge in [-0.05, 0) is 29.8 Å². The smallest absolute Gasteiger partial charge is 0.207 e. The molecule has 1 aromatic carbocycles. The molecule has 0 bridgehead atoms. The molecule has 0 saturated heterocycles. The van der Waals surface area contributed by atoms with Crippen LogP contribution < -0.4 is 9.47 Å². The summed E-state index contributed by atoms with van der Waals surface area (Å²) in [5, 5.41) is 8.47. The second kappa shape index (κ2) is 4.67. The first-order valence-corrected chi connectivity index (χ1v) is 5.65. The van der Waals surface area contributed by atoms with E-state index >= 15 is 0 Å². The molecule has 0 saturated carbocycles. The van der Waals surface area contributed by atoms with Crippen LogP contribution in [-0.2, 0) is 0 Å². The fourth-order valence-corrected chi connectivity index (χ4v) is 2.12. The number of rotatable bonds is 3. The molecule has 0 spiro atoms. The van der Waals surface area contributed by atoms with Gasteiger partial charge >= 0.3 is 0 Å². The zero-order chi connectivity index (χ0) is 11.5. The molecule has 0 fully saturated rings. The van der Waals surface area contributed by atoms with E-state index in [9.17, 15) is 0 Å². The summed E-state index contributed by atoms with van der Waals surface area (Å²) in [6.45, 7) is 0. The lowest BCUT2D eigenvalue weighted by Gasteiger charge is -2.07. The van der Waals surface area contributed by atoms with E-state index in [4.69, 9.17) is 21.1 Å². The molecule has 0 atom stereocenters. The van der Waals surface area contributed by atoms with E-state index in [2.05, 4.69) is 10.2 Å². The highest BCUT2D eigenvalue weighted by Gasteiger charge is 2.09. The fourth-order valence-electron chi connectivity index (χ4n) is 1.29. The molecule has 84 valence electrons. The number of ether oxygens (including phenoxy) is 2. The second-order valence-corrected chi connectivity index (χ2v) is 4.49. The number of hydrogen-bond acceptors (Lipinski definition) is 5. The number of halogens is 1. The summed E-state index contributed by atoms with van der Waals surface area (Å²) < 4.78 is 10.8. The van der Waals surface area contributed by atoms with Gasteiger partial charge in [-0.3, -0.25) is 0 Å². The number of benzene rings is 1. The molecule has 4 nitrogen and oxygen atoms in total. The SMILES string of the molecule is COc1ccc(-c2nnc(Cl)s2)cc1OC. The molecule has 6 heteroatoms. The van der Waals surface area contributed by atoms with Crippen LogP contribution in [0.3, 0.4) is 0 Å². The van der Waals surface area contributed by atoms with E-state index < -0.39 is 0 Å². The monoisotopic (exact) mass is 256 g/mol. The van der Waals surface area contributed by atoms with E-state index in [1.165, 1.54) is 11.3 Å². The Morgan fingerprint density at radius 2 is 1.88 bits per heavy atom. The van der Waals surface area contributed by atoms with Gasteiger partial charge in [-0.15, -0.1) is 10.2 Å². The third-order valence-corrected chi connectivity index (χ3v) is 3.10. The van der Waals surface area contributed by atoms with Crippen LogP contribution in [0.25, 0.3) is 10.6 Å². The summed E-state index contributed by atoms with van der Waals surface area (Å²) in [5.41, 5.74) is 0.905. The fraction of sp³-hybridized carbons (Fsp3) is 0.200. The Bertz CT molecular complexity index is 501. The summed E-state index contributed by atoms with van der Waals surface area (Å²) in [6.07, 6.45) is 0. The largest absolute Gasteiger partial charge is 0.493 e. The number of methoxy groups -OCH3 is 2. The third kappa shape index (κ3) is 2.10. The summed E-state index contributed by atoms with van der Waals surface area (Å²) in [5.74, 6) is 1.34. The molecule has 1 heterocycles. The molecule has 0 radical (unpaired) electrons. The van der Waals surface area contributed by atoms with Gasteiger partial charge in [0.2, 0.25) is 4.47 Å². The van der Waals surface area contributed by atoms with Gasteiger partial charge in [-0.1, -0.05) is 11.3 Å².